The van der Waals surface area contributed by atoms with Crippen LogP contribution in [0.15, 0.2) is 53.1 Å². The lowest BCUT2D eigenvalue weighted by Gasteiger charge is -2.24. The molecule has 1 N–H and O–H groups in total. The van der Waals surface area contributed by atoms with Gasteiger partial charge in [0.15, 0.2) is 10.9 Å². The fourth-order valence-corrected chi connectivity index (χ4v) is 3.81. The van der Waals surface area contributed by atoms with Gasteiger partial charge >= 0.3 is 0 Å². The molecule has 3 aromatic rings. The topological polar surface area (TPSA) is 57.4 Å². The van der Waals surface area contributed by atoms with Gasteiger partial charge in [-0.05, 0) is 49.0 Å². The van der Waals surface area contributed by atoms with Gasteiger partial charge < -0.3 is 14.7 Å². The van der Waals surface area contributed by atoms with Gasteiger partial charge in [0.25, 0.3) is 5.89 Å². The normalized spacial score (nSPS) is 15.1. The predicted octanol–water partition coefficient (Wildman–Crippen LogP) is 4.43. The number of nitrogens with one attached hydrogen (secondary N) is 1. The van der Waals surface area contributed by atoms with Gasteiger partial charge in [-0.1, -0.05) is 35.0 Å². The first kappa shape index (κ1) is 20.7. The van der Waals surface area contributed by atoms with Gasteiger partial charge in [0.1, 0.15) is 5.82 Å². The van der Waals surface area contributed by atoms with Crippen molar-refractivity contribution in [1.29, 1.82) is 0 Å². The molecule has 6 nitrogen and oxygen atoms in total. The zero-order valence-electron chi connectivity index (χ0n) is 16.2. The molecule has 4 rings (SSSR count). The molecule has 0 spiro atoms. The third-order valence-corrected chi connectivity index (χ3v) is 5.55. The van der Waals surface area contributed by atoms with Gasteiger partial charge in [-0.3, -0.25) is 4.90 Å². The molecule has 1 saturated heterocycles. The van der Waals surface area contributed by atoms with Crippen molar-refractivity contribution in [1.82, 2.24) is 19.9 Å². The van der Waals surface area contributed by atoms with Crippen molar-refractivity contribution in [2.24, 2.45) is 0 Å². The van der Waals surface area contributed by atoms with Gasteiger partial charge in [-0.2, -0.15) is 4.98 Å². The Bertz CT molecular complexity index is 1020. The molecule has 0 atom stereocenters. The molecule has 156 valence electrons. The minimum atomic E-state index is -0.449. The van der Waals surface area contributed by atoms with Crippen LogP contribution in [0.25, 0.3) is 11.5 Å². The number of nitrogens with zero attached hydrogens (tertiary/aromatic N) is 4. The molecule has 30 heavy (non-hydrogen) atoms. The molecular weight excluding hydrogens is 425 g/mol. The second-order valence-corrected chi connectivity index (χ2v) is 7.85. The molecule has 9 heteroatoms. The standard InChI is InChI=1S/C21H21ClFN5OS/c22-17-13-16(7-8-18(17)23)24-21(30)28-10-4-9-27(11-12-28)14-19-25-20(29-26-19)15-5-2-1-3-6-15/h1-3,5-8,13H,4,9-12,14H2,(H,24,30). The Morgan fingerprint density at radius 3 is 2.77 bits per heavy atom. The van der Waals surface area contributed by atoms with Crippen LogP contribution in [0.1, 0.15) is 12.2 Å². The zero-order chi connectivity index (χ0) is 20.9. The van der Waals surface area contributed by atoms with Gasteiger partial charge in [0, 0.05) is 37.4 Å². The van der Waals surface area contributed by atoms with Crippen LogP contribution in [0.4, 0.5) is 10.1 Å². The number of hydrogen-bond acceptors (Lipinski definition) is 5. The van der Waals surface area contributed by atoms with Gasteiger partial charge in [-0.25, -0.2) is 4.39 Å². The Morgan fingerprint density at radius 2 is 1.97 bits per heavy atom. The molecule has 0 aliphatic carbocycles. The highest BCUT2D eigenvalue weighted by Crippen LogP contribution is 2.20. The summed E-state index contributed by atoms with van der Waals surface area (Å²) in [7, 11) is 0. The SMILES string of the molecule is Fc1ccc(NC(=S)N2CCCN(Cc3noc(-c4ccccc4)n3)CC2)cc1Cl. The summed E-state index contributed by atoms with van der Waals surface area (Å²) < 4.78 is 18.7. The first-order valence-corrected chi connectivity index (χ1v) is 10.5. The summed E-state index contributed by atoms with van der Waals surface area (Å²) in [6.07, 6.45) is 0.954. The molecule has 1 aromatic heterocycles. The van der Waals surface area contributed by atoms with E-state index in [0.717, 1.165) is 38.2 Å². The summed E-state index contributed by atoms with van der Waals surface area (Å²) in [5, 5.41) is 7.93. The van der Waals surface area contributed by atoms with Gasteiger partial charge in [0.05, 0.1) is 11.6 Å². The average molecular weight is 446 g/mol. The summed E-state index contributed by atoms with van der Waals surface area (Å²) in [5.41, 5.74) is 1.59. The number of rotatable bonds is 4. The van der Waals surface area contributed by atoms with Crippen LogP contribution < -0.4 is 5.32 Å². The molecule has 0 amide bonds. The van der Waals surface area contributed by atoms with Crippen molar-refractivity contribution in [3.63, 3.8) is 0 Å². The molecular formula is C21H21ClFN5OS. The average Bonchev–Trinajstić information content (AvgIpc) is 3.09. The highest BCUT2D eigenvalue weighted by Gasteiger charge is 2.19. The highest BCUT2D eigenvalue weighted by atomic mass is 35.5. The maximum atomic E-state index is 13.3. The summed E-state index contributed by atoms with van der Waals surface area (Å²) in [4.78, 5) is 8.91. The van der Waals surface area contributed by atoms with Gasteiger partial charge in [-0.15, -0.1) is 0 Å². The van der Waals surface area contributed by atoms with E-state index in [-0.39, 0.29) is 5.02 Å². The molecule has 0 radical (unpaired) electrons. The van der Waals surface area contributed by atoms with Crippen LogP contribution in [-0.2, 0) is 6.54 Å². The summed E-state index contributed by atoms with van der Waals surface area (Å²) in [6.45, 7) is 3.96. The number of benzene rings is 2. The Labute approximate surface area is 184 Å². The van der Waals surface area contributed by atoms with E-state index < -0.39 is 5.82 Å². The minimum Gasteiger partial charge on any atom is -0.348 e. The van der Waals surface area contributed by atoms with Crippen molar-refractivity contribution in [2.45, 2.75) is 13.0 Å². The summed E-state index contributed by atoms with van der Waals surface area (Å²) in [6, 6.07) is 14.2. The molecule has 0 unspecified atom stereocenters. The molecule has 0 bridgehead atoms. The van der Waals surface area contributed by atoms with E-state index >= 15 is 0 Å². The maximum absolute atomic E-state index is 13.3. The van der Waals surface area contributed by atoms with Crippen LogP contribution >= 0.6 is 23.8 Å². The Kier molecular flexibility index (Phi) is 6.56. The quantitative estimate of drug-likeness (QED) is 0.596. The maximum Gasteiger partial charge on any atom is 0.257 e. The Hall–Kier alpha value is -2.55. The minimum absolute atomic E-state index is 0.0693. The fourth-order valence-electron chi connectivity index (χ4n) is 3.32. The van der Waals surface area contributed by atoms with Crippen molar-refractivity contribution >= 4 is 34.6 Å². The van der Waals surface area contributed by atoms with E-state index in [4.69, 9.17) is 28.3 Å². The summed E-state index contributed by atoms with van der Waals surface area (Å²) in [5.74, 6) is 0.754. The zero-order valence-corrected chi connectivity index (χ0v) is 17.8. The first-order chi connectivity index (χ1) is 14.6. The predicted molar refractivity (Wildman–Crippen MR) is 119 cm³/mol. The lowest BCUT2D eigenvalue weighted by molar-refractivity contribution is 0.266. The number of aromatic nitrogens is 2. The molecule has 2 aromatic carbocycles. The molecule has 0 saturated carbocycles. The van der Waals surface area contributed by atoms with E-state index in [1.165, 1.54) is 12.1 Å². The second kappa shape index (κ2) is 9.51. The molecule has 1 aliphatic rings. The lowest BCUT2D eigenvalue weighted by Crippen LogP contribution is -2.37. The monoisotopic (exact) mass is 445 g/mol. The van der Waals surface area contributed by atoms with E-state index in [1.807, 2.05) is 30.3 Å². The van der Waals surface area contributed by atoms with E-state index in [0.29, 0.717) is 29.1 Å². The lowest BCUT2D eigenvalue weighted by atomic mass is 10.2. The third-order valence-electron chi connectivity index (χ3n) is 4.90. The Morgan fingerprint density at radius 1 is 1.13 bits per heavy atom. The smallest absolute Gasteiger partial charge is 0.257 e. The number of anilines is 1. The van der Waals surface area contributed by atoms with Crippen molar-refractivity contribution in [3.8, 4) is 11.5 Å². The van der Waals surface area contributed by atoms with Crippen molar-refractivity contribution < 1.29 is 8.91 Å². The fraction of sp³-hybridized carbons (Fsp3) is 0.286. The first-order valence-electron chi connectivity index (χ1n) is 9.70. The molecule has 1 fully saturated rings. The summed E-state index contributed by atoms with van der Waals surface area (Å²) >= 11 is 11.4. The number of hydrogen-bond donors (Lipinski definition) is 1. The molecule has 1 aliphatic heterocycles. The number of halogens is 2. The van der Waals surface area contributed by atoms with E-state index in [2.05, 4.69) is 25.3 Å². The second-order valence-electron chi connectivity index (χ2n) is 7.06. The van der Waals surface area contributed by atoms with Crippen molar-refractivity contribution in [2.75, 3.05) is 31.5 Å². The van der Waals surface area contributed by atoms with Crippen LogP contribution in [0.3, 0.4) is 0 Å². The van der Waals surface area contributed by atoms with Crippen LogP contribution in [0.5, 0.6) is 0 Å². The van der Waals surface area contributed by atoms with E-state index in [9.17, 15) is 4.39 Å². The highest BCUT2D eigenvalue weighted by molar-refractivity contribution is 7.80. The largest absolute Gasteiger partial charge is 0.348 e. The molecule has 2 heterocycles. The van der Waals surface area contributed by atoms with Gasteiger partial charge in [0.2, 0.25) is 0 Å². The van der Waals surface area contributed by atoms with Crippen LogP contribution in [0, 0.1) is 5.82 Å². The third kappa shape index (κ3) is 5.13. The Balaban J connectivity index is 1.32. The van der Waals surface area contributed by atoms with Crippen molar-refractivity contribution in [3.05, 3.63) is 65.2 Å². The van der Waals surface area contributed by atoms with Crippen LogP contribution in [0.2, 0.25) is 5.02 Å². The van der Waals surface area contributed by atoms with Crippen LogP contribution in [-0.4, -0.2) is 51.2 Å². The number of thiocarbonyl (C=S) groups is 1. The van der Waals surface area contributed by atoms with E-state index in [1.54, 1.807) is 6.07 Å².